The maximum atomic E-state index is 14.3. The summed E-state index contributed by atoms with van der Waals surface area (Å²) < 4.78 is 63.1. The van der Waals surface area contributed by atoms with Gasteiger partial charge < -0.3 is 22.6 Å². The van der Waals surface area contributed by atoms with Crippen LogP contribution in [0.15, 0.2) is 103 Å². The van der Waals surface area contributed by atoms with E-state index in [-0.39, 0.29) is 11.5 Å². The van der Waals surface area contributed by atoms with E-state index in [0.29, 0.717) is 28.4 Å². The zero-order chi connectivity index (χ0) is 31.3. The van der Waals surface area contributed by atoms with Gasteiger partial charge in [-0.2, -0.15) is 4.57 Å². The molecule has 0 aliphatic rings. The van der Waals surface area contributed by atoms with Crippen LogP contribution >= 0.6 is 15.6 Å². The quantitative estimate of drug-likeness (QED) is 0.152. The Labute approximate surface area is 254 Å². The van der Waals surface area contributed by atoms with Crippen LogP contribution in [0.3, 0.4) is 0 Å². The van der Waals surface area contributed by atoms with Gasteiger partial charge in [0.15, 0.2) is 0 Å². The summed E-state index contributed by atoms with van der Waals surface area (Å²) in [6.45, 7) is 11.8. The van der Waals surface area contributed by atoms with E-state index < -0.39 is 26.5 Å². The molecule has 0 saturated carbocycles. The summed E-state index contributed by atoms with van der Waals surface area (Å²) in [5.74, 6) is 1.49. The lowest BCUT2D eigenvalue weighted by Crippen LogP contribution is -2.19. The minimum absolute atomic E-state index is 0.260. The van der Waals surface area contributed by atoms with Gasteiger partial charge in [0.25, 0.3) is 0 Å². The van der Waals surface area contributed by atoms with Crippen molar-refractivity contribution in [1.82, 2.24) is 0 Å². The molecule has 0 spiro atoms. The van der Waals surface area contributed by atoms with E-state index in [1.54, 1.807) is 84.9 Å². The van der Waals surface area contributed by atoms with Crippen LogP contribution in [0.25, 0.3) is 0 Å². The van der Waals surface area contributed by atoms with Crippen LogP contribution in [0.5, 0.6) is 28.7 Å². The molecule has 228 valence electrons. The molecule has 0 heterocycles. The average molecular weight is 625 g/mol. The minimum atomic E-state index is -4.31. The van der Waals surface area contributed by atoms with Crippen LogP contribution in [0.1, 0.15) is 52.7 Å². The second-order valence-corrected chi connectivity index (χ2v) is 14.9. The molecule has 10 heteroatoms. The fourth-order valence-electron chi connectivity index (χ4n) is 4.10. The minimum Gasteiger partial charge on any atom is -0.395 e. The van der Waals surface area contributed by atoms with Crippen molar-refractivity contribution in [1.29, 1.82) is 0 Å². The van der Waals surface area contributed by atoms with Gasteiger partial charge in [-0.05, 0) is 59.4 Å². The van der Waals surface area contributed by atoms with Crippen molar-refractivity contribution in [2.75, 3.05) is 7.11 Å². The van der Waals surface area contributed by atoms with Gasteiger partial charge in [-0.1, -0.05) is 96.1 Å². The summed E-state index contributed by atoms with van der Waals surface area (Å²) in [5.41, 5.74) is 0.118. The van der Waals surface area contributed by atoms with Gasteiger partial charge in [-0.15, -0.1) is 0 Å². The first kappa shape index (κ1) is 32.2. The van der Waals surface area contributed by atoms with Gasteiger partial charge in [0.1, 0.15) is 28.7 Å². The van der Waals surface area contributed by atoms with Crippen LogP contribution < -0.4 is 22.6 Å². The third-order valence-electron chi connectivity index (χ3n) is 6.22. The zero-order valence-corrected chi connectivity index (χ0v) is 27.3. The molecule has 0 bridgehead atoms. The van der Waals surface area contributed by atoms with Crippen LogP contribution in [0.4, 0.5) is 0 Å². The fourth-order valence-corrected chi connectivity index (χ4v) is 6.33. The summed E-state index contributed by atoms with van der Waals surface area (Å²) in [6, 6.07) is 29.5. The summed E-state index contributed by atoms with van der Waals surface area (Å²) in [5, 5.41) is 0. The molecule has 43 heavy (non-hydrogen) atoms. The van der Waals surface area contributed by atoms with Gasteiger partial charge in [0.2, 0.25) is 0 Å². The lowest BCUT2D eigenvalue weighted by atomic mass is 9.81. The van der Waals surface area contributed by atoms with Gasteiger partial charge in [-0.25, -0.2) is 4.57 Å². The molecule has 0 saturated heterocycles. The monoisotopic (exact) mass is 624 g/mol. The third kappa shape index (κ3) is 8.67. The molecule has 0 aliphatic carbocycles. The Morgan fingerprint density at radius 2 is 0.767 bits per heavy atom. The smallest absolute Gasteiger partial charge is 0.395 e. The van der Waals surface area contributed by atoms with Crippen molar-refractivity contribution in [3.63, 3.8) is 0 Å². The summed E-state index contributed by atoms with van der Waals surface area (Å²) in [7, 11) is -7.15. The van der Waals surface area contributed by atoms with E-state index in [1.165, 1.54) is 7.11 Å². The summed E-state index contributed by atoms with van der Waals surface area (Å²) >= 11 is 0. The van der Waals surface area contributed by atoms with E-state index in [9.17, 15) is 9.13 Å². The van der Waals surface area contributed by atoms with Gasteiger partial charge in [0, 0.05) is 18.2 Å². The zero-order valence-electron chi connectivity index (χ0n) is 25.5. The SMILES string of the molecule is COP(=O)(Oc1ccccc1)Oc1cc(C(C)(C)C)c(OP(=O)(Oc2ccccc2)Oc2ccccc2)cc1C(C)(C)C. The lowest BCUT2D eigenvalue weighted by molar-refractivity contribution is 0.247. The number of hydrogen-bond acceptors (Lipinski definition) is 8. The molecular weight excluding hydrogens is 586 g/mol. The highest BCUT2D eigenvalue weighted by Gasteiger charge is 2.38. The maximum absolute atomic E-state index is 14.3. The largest absolute Gasteiger partial charge is 0.647 e. The van der Waals surface area contributed by atoms with Crippen molar-refractivity contribution in [3.8, 4) is 28.7 Å². The van der Waals surface area contributed by atoms with E-state index >= 15 is 0 Å². The van der Waals surface area contributed by atoms with Crippen molar-refractivity contribution < 1.29 is 36.3 Å². The van der Waals surface area contributed by atoms with Crippen LogP contribution in [0.2, 0.25) is 0 Å². The first-order valence-corrected chi connectivity index (χ1v) is 16.7. The molecule has 0 aliphatic heterocycles. The molecule has 1 atom stereocenters. The van der Waals surface area contributed by atoms with Crippen LogP contribution in [0, 0.1) is 0 Å². The Morgan fingerprint density at radius 3 is 1.07 bits per heavy atom. The van der Waals surface area contributed by atoms with Crippen LogP contribution in [-0.4, -0.2) is 7.11 Å². The number of phosphoric acid groups is 2. The maximum Gasteiger partial charge on any atom is 0.647 e. The van der Waals surface area contributed by atoms with Gasteiger partial charge in [0.05, 0.1) is 0 Å². The highest BCUT2D eigenvalue weighted by atomic mass is 31.2. The second kappa shape index (κ2) is 12.9. The molecular formula is C33H38O8P2. The predicted octanol–water partition coefficient (Wildman–Crippen LogP) is 10.1. The second-order valence-electron chi connectivity index (χ2n) is 11.8. The Balaban J connectivity index is 1.82. The molecule has 0 radical (unpaired) electrons. The Bertz CT molecular complexity index is 1550. The Morgan fingerprint density at radius 1 is 0.465 bits per heavy atom. The summed E-state index contributed by atoms with van der Waals surface area (Å²) in [4.78, 5) is 0. The molecule has 0 N–H and O–H groups in total. The standard InChI is InChI=1S/C33H38O8P2/c1-32(2,3)28-24-31(41-43(35,38-26-19-13-9-14-20-26)39-27-21-15-10-16-22-27)29(33(4,5)6)23-30(28)40-42(34,36-7)37-25-17-11-8-12-18-25/h8-24H,1-7H3. The topological polar surface area (TPSA) is 89.5 Å². The lowest BCUT2D eigenvalue weighted by Gasteiger charge is -2.30. The van der Waals surface area contributed by atoms with E-state index in [0.717, 1.165) is 0 Å². The average Bonchev–Trinajstić information content (AvgIpc) is 2.94. The number of para-hydroxylation sites is 3. The van der Waals surface area contributed by atoms with E-state index in [1.807, 2.05) is 59.7 Å². The first-order chi connectivity index (χ1) is 20.2. The molecule has 0 amide bonds. The molecule has 8 nitrogen and oxygen atoms in total. The van der Waals surface area contributed by atoms with Crippen molar-refractivity contribution in [2.24, 2.45) is 0 Å². The molecule has 4 rings (SSSR count). The third-order valence-corrected chi connectivity index (χ3v) is 8.81. The van der Waals surface area contributed by atoms with Crippen molar-refractivity contribution in [2.45, 2.75) is 52.4 Å². The van der Waals surface area contributed by atoms with Crippen LogP contribution in [-0.2, 0) is 24.5 Å². The number of phosphoric ester groups is 2. The Kier molecular flexibility index (Phi) is 9.66. The fraction of sp³-hybridized carbons (Fsp3) is 0.273. The molecule has 4 aromatic carbocycles. The number of hydrogen-bond donors (Lipinski definition) is 0. The van der Waals surface area contributed by atoms with E-state index in [4.69, 9.17) is 27.1 Å². The Hall–Kier alpha value is -3.70. The molecule has 0 aromatic heterocycles. The number of rotatable bonds is 11. The predicted molar refractivity (Wildman–Crippen MR) is 169 cm³/mol. The van der Waals surface area contributed by atoms with Gasteiger partial charge in [-0.3, -0.25) is 4.52 Å². The van der Waals surface area contributed by atoms with Crippen molar-refractivity contribution >= 4 is 15.6 Å². The molecule has 0 fully saturated rings. The van der Waals surface area contributed by atoms with Crippen molar-refractivity contribution in [3.05, 3.63) is 114 Å². The first-order valence-electron chi connectivity index (χ1n) is 13.8. The number of benzene rings is 4. The highest BCUT2D eigenvalue weighted by Crippen LogP contribution is 2.55. The van der Waals surface area contributed by atoms with E-state index in [2.05, 4.69) is 0 Å². The normalized spacial score (nSPS) is 13.5. The molecule has 1 unspecified atom stereocenters. The highest BCUT2D eigenvalue weighted by molar-refractivity contribution is 7.50. The summed E-state index contributed by atoms with van der Waals surface area (Å²) in [6.07, 6.45) is 0. The molecule has 4 aromatic rings. The van der Waals surface area contributed by atoms with Gasteiger partial charge >= 0.3 is 15.6 Å².